The summed E-state index contributed by atoms with van der Waals surface area (Å²) >= 11 is 0. The molecule has 0 atom stereocenters. The van der Waals surface area contributed by atoms with Gasteiger partial charge in [0, 0.05) is 29.3 Å². The van der Waals surface area contributed by atoms with Crippen LogP contribution in [0.15, 0.2) is 72.8 Å². The van der Waals surface area contributed by atoms with E-state index in [0.29, 0.717) is 24.5 Å². The van der Waals surface area contributed by atoms with Gasteiger partial charge in [-0.3, -0.25) is 38.4 Å². The van der Waals surface area contributed by atoms with E-state index in [1.165, 1.54) is 95.2 Å². The molecule has 22 heteroatoms. The van der Waals surface area contributed by atoms with Gasteiger partial charge in [-0.1, -0.05) is 6.42 Å². The Kier molecular flexibility index (Phi) is 19.9. The van der Waals surface area contributed by atoms with Crippen LogP contribution < -0.4 is 72.9 Å². The smallest absolute Gasteiger partial charge is 0.255 e. The van der Waals surface area contributed by atoms with Gasteiger partial charge in [0.1, 0.15) is 23.0 Å². The third-order valence-electron chi connectivity index (χ3n) is 9.49. The molecule has 0 aliphatic rings. The standard InChI is InChI=1S/C45H54N10O12/c1-64-34-13-9-27(19-30(34)42(60)48-17-7-5-6-16-46)53-39(57)23-50-44(62)32-21-29(11-15-36(32)66-3)55-41(59)25-51-45(63)33-20-28(10-14-37(33)67-4)54-40(58)24-49-43(61)31-18-26(52-38(56)22-47)8-12-35(31)65-2/h8-15,18-21H,5-7,16-17,22-25,46-47H2,1-4H3,(H,48,60)(H,49,61)(H,50,62)(H,51,63)(H,52,56)(H,53,57)(H,54,58)(H,55,59). The summed E-state index contributed by atoms with van der Waals surface area (Å²) in [6.07, 6.45) is 2.47. The minimum Gasteiger partial charge on any atom is -0.496 e. The van der Waals surface area contributed by atoms with Gasteiger partial charge in [-0.2, -0.15) is 0 Å². The number of anilines is 4. The third kappa shape index (κ3) is 15.5. The Hall–Kier alpha value is -8.24. The van der Waals surface area contributed by atoms with Crippen LogP contribution in [0.3, 0.4) is 0 Å². The van der Waals surface area contributed by atoms with Gasteiger partial charge in [-0.15, -0.1) is 0 Å². The number of amides is 8. The second kappa shape index (κ2) is 25.9. The van der Waals surface area contributed by atoms with E-state index in [1.54, 1.807) is 6.07 Å². The zero-order chi connectivity index (χ0) is 48.9. The Labute approximate surface area is 385 Å². The minimum atomic E-state index is -0.735. The number of hydrogen-bond acceptors (Lipinski definition) is 14. The molecule has 0 saturated heterocycles. The molecule has 0 saturated carbocycles. The minimum absolute atomic E-state index is 0.0163. The molecule has 4 rings (SSSR count). The molecule has 4 aromatic rings. The van der Waals surface area contributed by atoms with Crippen LogP contribution in [0, 0.1) is 0 Å². The monoisotopic (exact) mass is 926 g/mol. The second-order valence-electron chi connectivity index (χ2n) is 14.2. The van der Waals surface area contributed by atoms with E-state index in [1.807, 2.05) is 0 Å². The van der Waals surface area contributed by atoms with Crippen molar-refractivity contribution in [2.24, 2.45) is 11.5 Å². The summed E-state index contributed by atoms with van der Waals surface area (Å²) in [4.78, 5) is 103. The first kappa shape index (κ1) is 51.4. The number of nitrogens with two attached hydrogens (primary N) is 2. The predicted molar refractivity (Wildman–Crippen MR) is 248 cm³/mol. The number of carbonyl (C=O) groups excluding carboxylic acids is 8. The molecule has 0 unspecified atom stereocenters. The topological polar surface area (TPSA) is 322 Å². The van der Waals surface area contributed by atoms with Gasteiger partial charge in [0.15, 0.2) is 0 Å². The molecule has 12 N–H and O–H groups in total. The number of carbonyl (C=O) groups is 8. The number of benzene rings is 4. The summed E-state index contributed by atoms with van der Waals surface area (Å²) in [5.74, 6) is -4.14. The van der Waals surface area contributed by atoms with Crippen molar-refractivity contribution in [3.05, 3.63) is 95.1 Å². The Bertz CT molecular complexity index is 2460. The lowest BCUT2D eigenvalue weighted by atomic mass is 10.1. The van der Waals surface area contributed by atoms with Crippen LogP contribution in [0.4, 0.5) is 22.7 Å². The molecule has 0 fully saturated rings. The summed E-state index contributed by atoms with van der Waals surface area (Å²) in [6.45, 7) is -0.730. The first-order chi connectivity index (χ1) is 32.2. The molecule has 0 bridgehead atoms. The van der Waals surface area contributed by atoms with Crippen LogP contribution in [0.1, 0.15) is 60.7 Å². The number of ether oxygens (including phenoxy) is 4. The van der Waals surface area contributed by atoms with E-state index in [9.17, 15) is 38.4 Å². The maximum atomic E-state index is 13.3. The van der Waals surface area contributed by atoms with Crippen molar-refractivity contribution in [2.75, 3.05) is 89.0 Å². The number of methoxy groups -OCH3 is 4. The Morgan fingerprint density at radius 3 is 0.985 bits per heavy atom. The highest BCUT2D eigenvalue weighted by Crippen LogP contribution is 2.26. The van der Waals surface area contributed by atoms with Crippen LogP contribution in [0.2, 0.25) is 0 Å². The highest BCUT2D eigenvalue weighted by atomic mass is 16.5. The number of hydrogen-bond donors (Lipinski definition) is 10. The molecule has 67 heavy (non-hydrogen) atoms. The number of rotatable bonds is 24. The zero-order valence-electron chi connectivity index (χ0n) is 37.3. The normalized spacial score (nSPS) is 10.4. The Morgan fingerprint density at radius 2 is 0.701 bits per heavy atom. The molecular formula is C45H54N10O12. The van der Waals surface area contributed by atoms with Crippen molar-refractivity contribution >= 4 is 70.0 Å². The van der Waals surface area contributed by atoms with Crippen LogP contribution in [0.5, 0.6) is 23.0 Å². The van der Waals surface area contributed by atoms with E-state index in [2.05, 4.69) is 42.5 Å². The molecule has 0 aromatic heterocycles. The van der Waals surface area contributed by atoms with Crippen LogP contribution in [-0.4, -0.2) is 115 Å². The van der Waals surface area contributed by atoms with Crippen molar-refractivity contribution in [3.8, 4) is 23.0 Å². The van der Waals surface area contributed by atoms with Crippen molar-refractivity contribution in [1.82, 2.24) is 21.3 Å². The Morgan fingerprint density at radius 1 is 0.403 bits per heavy atom. The lowest BCUT2D eigenvalue weighted by Crippen LogP contribution is -2.34. The van der Waals surface area contributed by atoms with Crippen LogP contribution >= 0.6 is 0 Å². The van der Waals surface area contributed by atoms with Crippen LogP contribution in [0.25, 0.3) is 0 Å². The molecule has 356 valence electrons. The molecule has 0 heterocycles. The summed E-state index contributed by atoms with van der Waals surface area (Å²) in [5, 5.41) is 20.6. The Balaban J connectivity index is 1.31. The van der Waals surface area contributed by atoms with E-state index in [4.69, 9.17) is 30.4 Å². The number of nitrogens with one attached hydrogen (secondary N) is 8. The lowest BCUT2D eigenvalue weighted by Gasteiger charge is -2.14. The molecule has 0 radical (unpaired) electrons. The summed E-state index contributed by atoms with van der Waals surface area (Å²) < 4.78 is 21.2. The van der Waals surface area contributed by atoms with Crippen LogP contribution in [-0.2, 0) is 19.2 Å². The fourth-order valence-corrected chi connectivity index (χ4v) is 6.19. The van der Waals surface area contributed by atoms with Gasteiger partial charge in [0.05, 0.1) is 76.9 Å². The van der Waals surface area contributed by atoms with E-state index in [0.717, 1.165) is 19.3 Å². The fourth-order valence-electron chi connectivity index (χ4n) is 6.19. The average Bonchev–Trinajstić information content (AvgIpc) is 3.33. The van der Waals surface area contributed by atoms with Crippen molar-refractivity contribution in [2.45, 2.75) is 19.3 Å². The summed E-state index contributed by atoms with van der Waals surface area (Å²) in [5.41, 5.74) is 12.0. The molecule has 0 aliphatic heterocycles. The van der Waals surface area contributed by atoms with E-state index in [-0.39, 0.29) is 69.0 Å². The highest BCUT2D eigenvalue weighted by Gasteiger charge is 2.20. The highest BCUT2D eigenvalue weighted by molar-refractivity contribution is 6.06. The van der Waals surface area contributed by atoms with Gasteiger partial charge < -0.3 is 72.9 Å². The molecule has 22 nitrogen and oxygen atoms in total. The zero-order valence-corrected chi connectivity index (χ0v) is 37.3. The molecule has 8 amide bonds. The maximum absolute atomic E-state index is 13.3. The maximum Gasteiger partial charge on any atom is 0.255 e. The quantitative estimate of drug-likeness (QED) is 0.0447. The summed E-state index contributed by atoms with van der Waals surface area (Å²) in [6, 6.07) is 17.3. The largest absolute Gasteiger partial charge is 0.496 e. The SMILES string of the molecule is COc1ccc(NC(=O)CNC(=O)c2cc(NC(=O)CNC(=O)c3cc(NC(=O)CNC(=O)c4cc(NC(=O)CN)ccc4OC)ccc3OC)ccc2OC)cc1C(=O)NCCCCCN. The first-order valence-corrected chi connectivity index (χ1v) is 20.7. The predicted octanol–water partition coefficient (Wildman–Crippen LogP) is 1.58. The van der Waals surface area contributed by atoms with Gasteiger partial charge in [-0.25, -0.2) is 0 Å². The van der Waals surface area contributed by atoms with E-state index >= 15 is 0 Å². The lowest BCUT2D eigenvalue weighted by molar-refractivity contribution is -0.116. The van der Waals surface area contributed by atoms with Crippen molar-refractivity contribution in [3.63, 3.8) is 0 Å². The molecule has 0 spiro atoms. The van der Waals surface area contributed by atoms with Gasteiger partial charge in [-0.05, 0) is 92.2 Å². The second-order valence-corrected chi connectivity index (χ2v) is 14.2. The van der Waals surface area contributed by atoms with E-state index < -0.39 is 61.0 Å². The molecule has 4 aromatic carbocycles. The van der Waals surface area contributed by atoms with Crippen molar-refractivity contribution < 1.29 is 57.3 Å². The first-order valence-electron chi connectivity index (χ1n) is 20.7. The number of unbranched alkanes of at least 4 members (excludes halogenated alkanes) is 2. The van der Waals surface area contributed by atoms with Crippen molar-refractivity contribution in [1.29, 1.82) is 0 Å². The molecular weight excluding hydrogens is 873 g/mol. The van der Waals surface area contributed by atoms with Gasteiger partial charge in [0.25, 0.3) is 23.6 Å². The molecule has 0 aliphatic carbocycles. The third-order valence-corrected chi connectivity index (χ3v) is 9.49. The summed E-state index contributed by atoms with van der Waals surface area (Å²) in [7, 11) is 5.44. The van der Waals surface area contributed by atoms with Gasteiger partial charge in [0.2, 0.25) is 23.6 Å². The average molecular weight is 927 g/mol. The fraction of sp³-hybridized carbons (Fsp3) is 0.289. The van der Waals surface area contributed by atoms with Gasteiger partial charge >= 0.3 is 0 Å².